The quantitative estimate of drug-likeness (QED) is 0.859. The molecule has 1 aromatic heterocycles. The van der Waals surface area contributed by atoms with Crippen molar-refractivity contribution in [3.05, 3.63) is 41.2 Å². The van der Waals surface area contributed by atoms with Crippen LogP contribution in [-0.4, -0.2) is 19.2 Å². The molecule has 6 heteroatoms. The molecule has 2 rings (SSSR count). The molecule has 2 N–H and O–H groups in total. The molecular weight excluding hydrogens is 280 g/mol. The van der Waals surface area contributed by atoms with Crippen molar-refractivity contribution >= 4 is 17.3 Å². The number of nitrogens with zero attached hydrogens (tertiary/aromatic N) is 1. The molecule has 2 aromatic rings. The molecule has 0 spiro atoms. The zero-order chi connectivity index (χ0) is 14.5. The molecule has 1 heterocycles. The molecule has 0 fully saturated rings. The average molecular weight is 295 g/mol. The van der Waals surface area contributed by atoms with Gasteiger partial charge in [-0.3, -0.25) is 4.98 Å². The fourth-order valence-electron chi connectivity index (χ4n) is 1.75. The SMILES string of the molecule is COc1ccnc(COc2ccc(Cl)cc2N)c1OC. The minimum absolute atomic E-state index is 0.214. The van der Waals surface area contributed by atoms with Gasteiger partial charge in [-0.15, -0.1) is 0 Å². The number of ether oxygens (including phenoxy) is 3. The maximum absolute atomic E-state index is 5.84. The highest BCUT2D eigenvalue weighted by Crippen LogP contribution is 2.31. The highest BCUT2D eigenvalue weighted by atomic mass is 35.5. The fraction of sp³-hybridized carbons (Fsp3) is 0.214. The van der Waals surface area contributed by atoms with Crippen LogP contribution in [0.2, 0.25) is 5.02 Å². The summed E-state index contributed by atoms with van der Waals surface area (Å²) in [6, 6.07) is 6.78. The van der Waals surface area contributed by atoms with Crippen LogP contribution in [0, 0.1) is 0 Å². The van der Waals surface area contributed by atoms with Crippen LogP contribution < -0.4 is 19.9 Å². The molecule has 0 saturated carbocycles. The van der Waals surface area contributed by atoms with Gasteiger partial charge in [-0.05, 0) is 18.2 Å². The van der Waals surface area contributed by atoms with Crippen molar-refractivity contribution in [2.75, 3.05) is 20.0 Å². The Labute approximate surface area is 122 Å². The molecule has 0 radical (unpaired) electrons. The number of nitrogen functional groups attached to an aromatic ring is 1. The first-order valence-electron chi connectivity index (χ1n) is 5.89. The molecule has 1 aromatic carbocycles. The van der Waals surface area contributed by atoms with Crippen LogP contribution in [0.25, 0.3) is 0 Å². The van der Waals surface area contributed by atoms with E-state index in [1.807, 2.05) is 0 Å². The summed E-state index contributed by atoms with van der Waals surface area (Å²) in [5.74, 6) is 1.69. The van der Waals surface area contributed by atoms with Crippen LogP contribution in [0.15, 0.2) is 30.5 Å². The molecule has 20 heavy (non-hydrogen) atoms. The van der Waals surface area contributed by atoms with E-state index in [-0.39, 0.29) is 6.61 Å². The summed E-state index contributed by atoms with van der Waals surface area (Å²) in [5, 5.41) is 0.562. The molecule has 0 saturated heterocycles. The molecule has 0 bridgehead atoms. The maximum atomic E-state index is 5.84. The van der Waals surface area contributed by atoms with Gasteiger partial charge in [0, 0.05) is 17.3 Å². The zero-order valence-corrected chi connectivity index (χ0v) is 12.0. The minimum Gasteiger partial charge on any atom is -0.493 e. The Morgan fingerprint density at radius 3 is 2.60 bits per heavy atom. The van der Waals surface area contributed by atoms with E-state index in [1.54, 1.807) is 44.7 Å². The third-order valence-electron chi connectivity index (χ3n) is 2.70. The molecule has 0 aliphatic rings. The number of halogens is 1. The van der Waals surface area contributed by atoms with Crippen molar-refractivity contribution in [3.63, 3.8) is 0 Å². The van der Waals surface area contributed by atoms with Gasteiger partial charge in [-0.2, -0.15) is 0 Å². The predicted molar refractivity (Wildman–Crippen MR) is 77.5 cm³/mol. The Morgan fingerprint density at radius 1 is 1.15 bits per heavy atom. The smallest absolute Gasteiger partial charge is 0.185 e. The van der Waals surface area contributed by atoms with Gasteiger partial charge in [0.05, 0.1) is 19.9 Å². The lowest BCUT2D eigenvalue weighted by atomic mass is 10.3. The van der Waals surface area contributed by atoms with Gasteiger partial charge in [0.25, 0.3) is 0 Å². The molecule has 0 unspecified atom stereocenters. The second kappa shape index (κ2) is 6.34. The number of rotatable bonds is 5. The lowest BCUT2D eigenvalue weighted by Crippen LogP contribution is -2.04. The lowest BCUT2D eigenvalue weighted by molar-refractivity contribution is 0.286. The number of aromatic nitrogens is 1. The molecule has 5 nitrogen and oxygen atoms in total. The van der Waals surface area contributed by atoms with E-state index in [4.69, 9.17) is 31.5 Å². The number of benzene rings is 1. The summed E-state index contributed by atoms with van der Waals surface area (Å²) in [5.41, 5.74) is 6.92. The third kappa shape index (κ3) is 3.05. The Balaban J connectivity index is 2.18. The van der Waals surface area contributed by atoms with E-state index in [0.29, 0.717) is 33.7 Å². The summed E-state index contributed by atoms with van der Waals surface area (Å²) in [6.07, 6.45) is 1.63. The molecule has 106 valence electrons. The first kappa shape index (κ1) is 14.3. The third-order valence-corrected chi connectivity index (χ3v) is 2.94. The van der Waals surface area contributed by atoms with Gasteiger partial charge in [0.15, 0.2) is 11.5 Å². The Bertz CT molecular complexity index is 605. The van der Waals surface area contributed by atoms with Crippen LogP contribution in [0.4, 0.5) is 5.69 Å². The largest absolute Gasteiger partial charge is 0.493 e. The van der Waals surface area contributed by atoms with Crippen LogP contribution in [0.1, 0.15) is 5.69 Å². The Hall–Kier alpha value is -2.14. The molecule has 0 atom stereocenters. The van der Waals surface area contributed by atoms with Gasteiger partial charge in [-0.1, -0.05) is 11.6 Å². The number of methoxy groups -OCH3 is 2. The highest BCUT2D eigenvalue weighted by Gasteiger charge is 2.12. The monoisotopic (exact) mass is 294 g/mol. The average Bonchev–Trinajstić information content (AvgIpc) is 2.45. The van der Waals surface area contributed by atoms with E-state index < -0.39 is 0 Å². The Kier molecular flexibility index (Phi) is 4.53. The van der Waals surface area contributed by atoms with Crippen molar-refractivity contribution < 1.29 is 14.2 Å². The van der Waals surface area contributed by atoms with Gasteiger partial charge < -0.3 is 19.9 Å². The van der Waals surface area contributed by atoms with Crippen molar-refractivity contribution in [2.45, 2.75) is 6.61 Å². The maximum Gasteiger partial charge on any atom is 0.185 e. The predicted octanol–water partition coefficient (Wildman–Crippen LogP) is 2.91. The second-order valence-corrected chi connectivity index (χ2v) is 4.40. The molecule has 0 amide bonds. The number of nitrogens with two attached hydrogens (primary N) is 1. The van der Waals surface area contributed by atoms with Gasteiger partial charge in [0.2, 0.25) is 0 Å². The lowest BCUT2D eigenvalue weighted by Gasteiger charge is -2.13. The van der Waals surface area contributed by atoms with Crippen molar-refractivity contribution in [2.24, 2.45) is 0 Å². The summed E-state index contributed by atoms with van der Waals surface area (Å²) >= 11 is 5.84. The molecule has 0 aliphatic carbocycles. The number of anilines is 1. The normalized spacial score (nSPS) is 10.2. The van der Waals surface area contributed by atoms with Crippen LogP contribution in [0.5, 0.6) is 17.2 Å². The summed E-state index contributed by atoms with van der Waals surface area (Å²) in [6.45, 7) is 0.214. The van der Waals surface area contributed by atoms with E-state index in [0.717, 1.165) is 0 Å². The topological polar surface area (TPSA) is 66.6 Å². The van der Waals surface area contributed by atoms with Gasteiger partial charge in [-0.25, -0.2) is 0 Å². The number of hydrogen-bond acceptors (Lipinski definition) is 5. The van der Waals surface area contributed by atoms with Crippen molar-refractivity contribution in [1.29, 1.82) is 0 Å². The van der Waals surface area contributed by atoms with E-state index >= 15 is 0 Å². The van der Waals surface area contributed by atoms with Crippen LogP contribution in [-0.2, 0) is 6.61 Å². The fourth-order valence-corrected chi connectivity index (χ4v) is 1.93. The summed E-state index contributed by atoms with van der Waals surface area (Å²) < 4.78 is 16.1. The second-order valence-electron chi connectivity index (χ2n) is 3.96. The number of hydrogen-bond donors (Lipinski definition) is 1. The van der Waals surface area contributed by atoms with Gasteiger partial charge >= 0.3 is 0 Å². The van der Waals surface area contributed by atoms with E-state index in [1.165, 1.54) is 0 Å². The van der Waals surface area contributed by atoms with Gasteiger partial charge in [0.1, 0.15) is 18.1 Å². The van der Waals surface area contributed by atoms with E-state index in [2.05, 4.69) is 4.98 Å². The first-order chi connectivity index (χ1) is 9.65. The van der Waals surface area contributed by atoms with Crippen LogP contribution >= 0.6 is 11.6 Å². The van der Waals surface area contributed by atoms with Crippen LogP contribution in [0.3, 0.4) is 0 Å². The van der Waals surface area contributed by atoms with Crippen molar-refractivity contribution in [3.8, 4) is 17.2 Å². The Morgan fingerprint density at radius 2 is 1.95 bits per heavy atom. The zero-order valence-electron chi connectivity index (χ0n) is 11.2. The van der Waals surface area contributed by atoms with E-state index in [9.17, 15) is 0 Å². The minimum atomic E-state index is 0.214. The summed E-state index contributed by atoms with van der Waals surface area (Å²) in [7, 11) is 3.12. The first-order valence-corrected chi connectivity index (χ1v) is 6.27. The summed E-state index contributed by atoms with van der Waals surface area (Å²) in [4.78, 5) is 4.22. The standard InChI is InChI=1S/C14H15ClN2O3/c1-18-13-5-6-17-11(14(13)19-2)8-20-12-4-3-9(15)7-10(12)16/h3-7H,8,16H2,1-2H3. The van der Waals surface area contributed by atoms with Crippen molar-refractivity contribution in [1.82, 2.24) is 4.98 Å². The number of pyridine rings is 1. The molecular formula is C14H15ClN2O3. The molecule has 0 aliphatic heterocycles. The highest BCUT2D eigenvalue weighted by molar-refractivity contribution is 6.30.